The molecule has 1 fully saturated rings. The van der Waals surface area contributed by atoms with Gasteiger partial charge in [0.2, 0.25) is 0 Å². The standard InChI is InChI=1S/C37H42N6O4/c1-25-10-11-27(24-38-25)43-35(23-34(41-43)37(2,3)4)40-36(44)39-33-13-12-30(31-8-6-7-9-32(31)33)26-20-28(45-5)22-29(21-26)47-19-16-42-14-17-46-18-15-42/h6-13,20-24H,14-19H2,1-5H3,(H2,39,40,44). The van der Waals surface area contributed by atoms with E-state index in [1.165, 1.54) is 0 Å². The Morgan fingerprint density at radius 2 is 1.70 bits per heavy atom. The maximum atomic E-state index is 13.5. The van der Waals surface area contributed by atoms with Crippen molar-refractivity contribution in [2.24, 2.45) is 0 Å². The van der Waals surface area contributed by atoms with E-state index in [0.717, 1.165) is 77.6 Å². The van der Waals surface area contributed by atoms with Crippen LogP contribution in [-0.4, -0.2) is 72.3 Å². The summed E-state index contributed by atoms with van der Waals surface area (Å²) in [5.74, 6) is 2.01. The fourth-order valence-corrected chi connectivity index (χ4v) is 5.59. The largest absolute Gasteiger partial charge is 0.497 e. The first-order valence-corrected chi connectivity index (χ1v) is 15.9. The highest BCUT2D eigenvalue weighted by molar-refractivity contribution is 6.09. The van der Waals surface area contributed by atoms with E-state index in [1.54, 1.807) is 18.0 Å². The van der Waals surface area contributed by atoms with E-state index < -0.39 is 0 Å². The number of benzene rings is 3. The van der Waals surface area contributed by atoms with E-state index in [9.17, 15) is 4.79 Å². The lowest BCUT2D eigenvalue weighted by molar-refractivity contribution is 0.0322. The second kappa shape index (κ2) is 13.8. The predicted molar refractivity (Wildman–Crippen MR) is 186 cm³/mol. The maximum Gasteiger partial charge on any atom is 0.324 e. The number of amides is 2. The van der Waals surface area contributed by atoms with Crippen molar-refractivity contribution in [2.75, 3.05) is 57.2 Å². The molecule has 3 heterocycles. The number of hydrogen-bond donors (Lipinski definition) is 2. The molecule has 0 aliphatic carbocycles. The van der Waals surface area contributed by atoms with Gasteiger partial charge in [0.1, 0.15) is 23.9 Å². The first kappa shape index (κ1) is 32.0. The van der Waals surface area contributed by atoms with Crippen molar-refractivity contribution < 1.29 is 19.0 Å². The molecule has 2 N–H and O–H groups in total. The number of pyridine rings is 1. The maximum absolute atomic E-state index is 13.5. The Kier molecular flexibility index (Phi) is 9.42. The average Bonchev–Trinajstić information content (AvgIpc) is 3.50. The zero-order valence-electron chi connectivity index (χ0n) is 27.7. The normalized spacial score (nSPS) is 13.8. The molecule has 1 aliphatic rings. The molecule has 2 amide bonds. The molecule has 10 heteroatoms. The molecule has 0 saturated carbocycles. The Morgan fingerprint density at radius 3 is 2.43 bits per heavy atom. The van der Waals surface area contributed by atoms with Crippen molar-refractivity contribution in [3.05, 3.63) is 90.4 Å². The smallest absolute Gasteiger partial charge is 0.324 e. The minimum atomic E-state index is -0.373. The van der Waals surface area contributed by atoms with Crippen molar-refractivity contribution in [2.45, 2.75) is 33.1 Å². The molecule has 244 valence electrons. The fourth-order valence-electron chi connectivity index (χ4n) is 5.59. The van der Waals surface area contributed by atoms with Crippen LogP contribution in [0.1, 0.15) is 32.2 Å². The molecule has 0 bridgehead atoms. The summed E-state index contributed by atoms with van der Waals surface area (Å²) in [5.41, 5.74) is 4.96. The van der Waals surface area contributed by atoms with Gasteiger partial charge in [-0.15, -0.1) is 0 Å². The van der Waals surface area contributed by atoms with Crippen molar-refractivity contribution in [1.82, 2.24) is 19.7 Å². The quantitative estimate of drug-likeness (QED) is 0.179. The Hall–Kier alpha value is -4.93. The number of anilines is 2. The highest BCUT2D eigenvalue weighted by atomic mass is 16.5. The summed E-state index contributed by atoms with van der Waals surface area (Å²) in [6.45, 7) is 13.0. The van der Waals surface area contributed by atoms with Crippen LogP contribution in [0.15, 0.2) is 79.0 Å². The lowest BCUT2D eigenvalue weighted by atomic mass is 9.92. The van der Waals surface area contributed by atoms with Gasteiger partial charge >= 0.3 is 6.03 Å². The number of aryl methyl sites for hydroxylation is 1. The number of ether oxygens (including phenoxy) is 3. The zero-order chi connectivity index (χ0) is 33.0. The van der Waals surface area contributed by atoms with E-state index in [4.69, 9.17) is 19.3 Å². The van der Waals surface area contributed by atoms with Gasteiger partial charge in [-0.2, -0.15) is 5.10 Å². The summed E-state index contributed by atoms with van der Waals surface area (Å²) in [4.78, 5) is 20.3. The summed E-state index contributed by atoms with van der Waals surface area (Å²) in [7, 11) is 1.66. The topological polar surface area (TPSA) is 103 Å². The molecule has 0 spiro atoms. The van der Waals surface area contributed by atoms with Crippen LogP contribution in [-0.2, 0) is 10.2 Å². The molecular formula is C37H42N6O4. The van der Waals surface area contributed by atoms with Crippen molar-refractivity contribution in [3.63, 3.8) is 0 Å². The van der Waals surface area contributed by atoms with Gasteiger partial charge in [-0.25, -0.2) is 9.48 Å². The van der Waals surface area contributed by atoms with Gasteiger partial charge in [0.05, 0.1) is 43.6 Å². The van der Waals surface area contributed by atoms with Gasteiger partial charge < -0.3 is 19.5 Å². The number of hydrogen-bond acceptors (Lipinski definition) is 7. The second-order valence-corrected chi connectivity index (χ2v) is 12.7. The molecule has 10 nitrogen and oxygen atoms in total. The Balaban J connectivity index is 1.25. The Morgan fingerprint density at radius 1 is 0.936 bits per heavy atom. The van der Waals surface area contributed by atoms with E-state index in [0.29, 0.717) is 23.9 Å². The van der Waals surface area contributed by atoms with Gasteiger partial charge in [-0.05, 0) is 53.8 Å². The molecule has 5 aromatic rings. The SMILES string of the molecule is COc1cc(OCCN2CCOCC2)cc(-c2ccc(NC(=O)Nc3cc(C(C)(C)C)nn3-c3ccc(C)nc3)c3ccccc23)c1. The lowest BCUT2D eigenvalue weighted by Crippen LogP contribution is -2.38. The van der Waals surface area contributed by atoms with Gasteiger partial charge in [-0.1, -0.05) is 51.1 Å². The third kappa shape index (κ3) is 7.56. The molecule has 1 aliphatic heterocycles. The van der Waals surface area contributed by atoms with Crippen LogP contribution in [0, 0.1) is 6.92 Å². The average molecular weight is 635 g/mol. The third-order valence-corrected chi connectivity index (χ3v) is 8.24. The Bertz CT molecular complexity index is 1860. The summed E-state index contributed by atoms with van der Waals surface area (Å²) >= 11 is 0. The zero-order valence-corrected chi connectivity index (χ0v) is 27.7. The van der Waals surface area contributed by atoms with Crippen LogP contribution in [0.3, 0.4) is 0 Å². The number of methoxy groups -OCH3 is 1. The highest BCUT2D eigenvalue weighted by Gasteiger charge is 2.22. The second-order valence-electron chi connectivity index (χ2n) is 12.7. The number of aromatic nitrogens is 3. The molecule has 0 unspecified atom stereocenters. The minimum absolute atomic E-state index is 0.212. The molecular weight excluding hydrogens is 592 g/mol. The molecule has 0 radical (unpaired) electrons. The van der Waals surface area contributed by atoms with Gasteiger partial charge in [-0.3, -0.25) is 15.2 Å². The van der Waals surface area contributed by atoms with Crippen molar-refractivity contribution in [1.29, 1.82) is 0 Å². The van der Waals surface area contributed by atoms with E-state index >= 15 is 0 Å². The molecule has 1 saturated heterocycles. The molecule has 2 aromatic heterocycles. The van der Waals surface area contributed by atoms with Crippen LogP contribution in [0.4, 0.5) is 16.3 Å². The van der Waals surface area contributed by atoms with Crippen LogP contribution < -0.4 is 20.1 Å². The number of carbonyl (C=O) groups is 1. The monoisotopic (exact) mass is 634 g/mol. The third-order valence-electron chi connectivity index (χ3n) is 8.24. The Labute approximate surface area is 275 Å². The first-order chi connectivity index (χ1) is 22.7. The number of carbonyl (C=O) groups excluding carboxylic acids is 1. The lowest BCUT2D eigenvalue weighted by Gasteiger charge is -2.26. The summed E-state index contributed by atoms with van der Waals surface area (Å²) in [6, 6.07) is 23.3. The number of fused-ring (bicyclic) bond motifs is 1. The molecule has 6 rings (SSSR count). The van der Waals surface area contributed by atoms with Crippen LogP contribution in [0.25, 0.3) is 27.6 Å². The number of rotatable bonds is 9. The van der Waals surface area contributed by atoms with Crippen molar-refractivity contribution in [3.8, 4) is 28.3 Å². The summed E-state index contributed by atoms with van der Waals surface area (Å²) in [6.07, 6.45) is 1.75. The minimum Gasteiger partial charge on any atom is -0.497 e. The van der Waals surface area contributed by atoms with E-state index in [1.807, 2.05) is 73.7 Å². The first-order valence-electron chi connectivity index (χ1n) is 15.9. The summed E-state index contributed by atoms with van der Waals surface area (Å²) in [5, 5.41) is 12.8. The van der Waals surface area contributed by atoms with E-state index in [2.05, 4.69) is 47.4 Å². The van der Waals surface area contributed by atoms with Crippen molar-refractivity contribution >= 4 is 28.3 Å². The van der Waals surface area contributed by atoms with Gasteiger partial charge in [0.25, 0.3) is 0 Å². The van der Waals surface area contributed by atoms with E-state index in [-0.39, 0.29) is 11.4 Å². The number of urea groups is 1. The molecule has 0 atom stereocenters. The molecule has 3 aromatic carbocycles. The number of nitrogens with zero attached hydrogens (tertiary/aromatic N) is 4. The van der Waals surface area contributed by atoms with Gasteiger partial charge in [0.15, 0.2) is 0 Å². The number of morpholine rings is 1. The van der Waals surface area contributed by atoms with Crippen LogP contribution in [0.2, 0.25) is 0 Å². The van der Waals surface area contributed by atoms with Gasteiger partial charge in [0, 0.05) is 48.3 Å². The van der Waals surface area contributed by atoms with Crippen LogP contribution in [0.5, 0.6) is 11.5 Å². The molecule has 47 heavy (non-hydrogen) atoms. The summed E-state index contributed by atoms with van der Waals surface area (Å²) < 4.78 is 19.0. The number of nitrogens with one attached hydrogen (secondary N) is 2. The highest BCUT2D eigenvalue weighted by Crippen LogP contribution is 2.37. The fraction of sp³-hybridized carbons (Fsp3) is 0.324. The predicted octanol–water partition coefficient (Wildman–Crippen LogP) is 7.06. The van der Waals surface area contributed by atoms with Crippen LogP contribution >= 0.6 is 0 Å².